The first-order valence-corrected chi connectivity index (χ1v) is 10.2. The normalized spacial score (nSPS) is 28.9. The SMILES string of the molecule is CCC1SCCSC1c1noc(CC(N)C2CCCC2)n1. The summed E-state index contributed by atoms with van der Waals surface area (Å²) in [7, 11) is 0. The number of aromatic nitrogens is 2. The fraction of sp³-hybridized carbons (Fsp3) is 0.867. The number of thioether (sulfide) groups is 2. The van der Waals surface area contributed by atoms with Crippen LogP contribution in [-0.4, -0.2) is 32.9 Å². The first-order chi connectivity index (χ1) is 10.3. The van der Waals surface area contributed by atoms with Gasteiger partial charge in [-0.3, -0.25) is 0 Å². The van der Waals surface area contributed by atoms with E-state index in [9.17, 15) is 0 Å². The van der Waals surface area contributed by atoms with Gasteiger partial charge in [-0.2, -0.15) is 16.7 Å². The van der Waals surface area contributed by atoms with Gasteiger partial charge in [0.1, 0.15) is 0 Å². The van der Waals surface area contributed by atoms with Crippen molar-refractivity contribution in [2.45, 2.75) is 62.0 Å². The molecule has 1 aromatic rings. The van der Waals surface area contributed by atoms with Crippen LogP contribution in [0.15, 0.2) is 4.52 Å². The Bertz CT molecular complexity index is 448. The molecule has 0 bridgehead atoms. The molecule has 0 radical (unpaired) electrons. The summed E-state index contributed by atoms with van der Waals surface area (Å²) in [6.07, 6.45) is 7.06. The summed E-state index contributed by atoms with van der Waals surface area (Å²) in [5.41, 5.74) is 6.32. The largest absolute Gasteiger partial charge is 0.339 e. The van der Waals surface area contributed by atoms with Crippen molar-refractivity contribution in [3.8, 4) is 0 Å². The standard InChI is InChI=1S/C15H25N3OS2/c1-2-12-14(21-8-7-20-12)15-17-13(19-18-15)9-11(16)10-5-3-4-6-10/h10-12,14H,2-9,16H2,1H3. The lowest BCUT2D eigenvalue weighted by Gasteiger charge is -2.27. The summed E-state index contributed by atoms with van der Waals surface area (Å²) in [6.45, 7) is 2.24. The molecule has 1 aliphatic heterocycles. The summed E-state index contributed by atoms with van der Waals surface area (Å²) >= 11 is 4.01. The molecule has 2 fully saturated rings. The van der Waals surface area contributed by atoms with Gasteiger partial charge in [-0.25, -0.2) is 0 Å². The fourth-order valence-electron chi connectivity index (χ4n) is 3.36. The maximum absolute atomic E-state index is 6.32. The molecule has 3 atom stereocenters. The van der Waals surface area contributed by atoms with Crippen LogP contribution in [0.1, 0.15) is 56.0 Å². The van der Waals surface area contributed by atoms with Gasteiger partial charge in [0.25, 0.3) is 0 Å². The van der Waals surface area contributed by atoms with Crippen molar-refractivity contribution >= 4 is 23.5 Å². The van der Waals surface area contributed by atoms with Crippen LogP contribution in [0.3, 0.4) is 0 Å². The minimum atomic E-state index is 0.177. The van der Waals surface area contributed by atoms with Crippen LogP contribution in [0.4, 0.5) is 0 Å². The van der Waals surface area contributed by atoms with E-state index < -0.39 is 0 Å². The van der Waals surface area contributed by atoms with Crippen molar-refractivity contribution in [1.29, 1.82) is 0 Å². The molecule has 0 amide bonds. The molecule has 1 aromatic heterocycles. The molecule has 2 aliphatic rings. The summed E-state index contributed by atoms with van der Waals surface area (Å²) in [4.78, 5) is 4.65. The molecule has 4 nitrogen and oxygen atoms in total. The molecule has 6 heteroatoms. The van der Waals surface area contributed by atoms with Crippen molar-refractivity contribution in [2.75, 3.05) is 11.5 Å². The molecule has 1 aliphatic carbocycles. The molecule has 2 heterocycles. The quantitative estimate of drug-likeness (QED) is 0.894. The summed E-state index contributed by atoms with van der Waals surface area (Å²) in [5.74, 6) is 4.67. The molecule has 118 valence electrons. The van der Waals surface area contributed by atoms with E-state index in [4.69, 9.17) is 10.3 Å². The molecule has 21 heavy (non-hydrogen) atoms. The van der Waals surface area contributed by atoms with Crippen LogP contribution in [-0.2, 0) is 6.42 Å². The Labute approximate surface area is 135 Å². The first kappa shape index (κ1) is 15.7. The Kier molecular flexibility index (Phi) is 5.51. The van der Waals surface area contributed by atoms with E-state index in [1.54, 1.807) is 0 Å². The zero-order valence-electron chi connectivity index (χ0n) is 12.7. The number of hydrogen-bond donors (Lipinski definition) is 1. The summed E-state index contributed by atoms with van der Waals surface area (Å²) in [6, 6.07) is 0.177. The Hall–Kier alpha value is -0.200. The number of nitrogens with two attached hydrogens (primary N) is 1. The number of rotatable bonds is 5. The van der Waals surface area contributed by atoms with Crippen molar-refractivity contribution < 1.29 is 4.52 Å². The monoisotopic (exact) mass is 327 g/mol. The Balaban J connectivity index is 1.62. The highest BCUT2D eigenvalue weighted by molar-refractivity contribution is 8.06. The second-order valence-corrected chi connectivity index (χ2v) is 8.66. The van der Waals surface area contributed by atoms with Gasteiger partial charge in [0.15, 0.2) is 5.82 Å². The van der Waals surface area contributed by atoms with Gasteiger partial charge in [0, 0.05) is 29.2 Å². The average Bonchev–Trinajstić information content (AvgIpc) is 3.18. The molecule has 2 N–H and O–H groups in total. The van der Waals surface area contributed by atoms with Crippen molar-refractivity contribution in [3.63, 3.8) is 0 Å². The lowest BCUT2D eigenvalue weighted by molar-refractivity contribution is 0.338. The Morgan fingerprint density at radius 1 is 1.29 bits per heavy atom. The van der Waals surface area contributed by atoms with Crippen LogP contribution < -0.4 is 5.73 Å². The minimum absolute atomic E-state index is 0.177. The zero-order valence-corrected chi connectivity index (χ0v) is 14.3. The van der Waals surface area contributed by atoms with Crippen molar-refractivity contribution in [3.05, 3.63) is 11.7 Å². The van der Waals surface area contributed by atoms with Crippen molar-refractivity contribution in [2.24, 2.45) is 11.7 Å². The highest BCUT2D eigenvalue weighted by Gasteiger charge is 2.31. The van der Waals surface area contributed by atoms with Crippen LogP contribution in [0.25, 0.3) is 0 Å². The van der Waals surface area contributed by atoms with E-state index in [1.165, 1.54) is 37.2 Å². The predicted octanol–water partition coefficient (Wildman–Crippen LogP) is 3.43. The highest BCUT2D eigenvalue weighted by Crippen LogP contribution is 2.42. The lowest BCUT2D eigenvalue weighted by Crippen LogP contribution is -2.30. The second-order valence-electron chi connectivity index (χ2n) is 6.07. The van der Waals surface area contributed by atoms with E-state index in [-0.39, 0.29) is 6.04 Å². The van der Waals surface area contributed by atoms with Crippen molar-refractivity contribution in [1.82, 2.24) is 10.1 Å². The van der Waals surface area contributed by atoms with Gasteiger partial charge in [-0.15, -0.1) is 11.8 Å². The smallest absolute Gasteiger partial charge is 0.228 e. The first-order valence-electron chi connectivity index (χ1n) is 8.09. The molecule has 0 aromatic carbocycles. The number of hydrogen-bond acceptors (Lipinski definition) is 6. The fourth-order valence-corrected chi connectivity index (χ4v) is 6.34. The molecule has 3 unspecified atom stereocenters. The third-order valence-corrected chi connectivity index (χ3v) is 7.85. The van der Waals surface area contributed by atoms with Gasteiger partial charge in [0.2, 0.25) is 5.89 Å². The predicted molar refractivity (Wildman–Crippen MR) is 89.7 cm³/mol. The van der Waals surface area contributed by atoms with Crippen LogP contribution >= 0.6 is 23.5 Å². The van der Waals surface area contributed by atoms with Crippen LogP contribution in [0.5, 0.6) is 0 Å². The van der Waals surface area contributed by atoms with Gasteiger partial charge in [-0.05, 0) is 25.2 Å². The molecule has 1 saturated heterocycles. The number of nitrogens with zero attached hydrogens (tertiary/aromatic N) is 2. The third-order valence-electron chi connectivity index (χ3n) is 4.61. The van der Waals surface area contributed by atoms with Gasteiger partial charge in [0.05, 0.1) is 5.25 Å². The van der Waals surface area contributed by atoms with Gasteiger partial charge >= 0.3 is 0 Å². The molecule has 1 saturated carbocycles. The topological polar surface area (TPSA) is 64.9 Å². The zero-order chi connectivity index (χ0) is 14.7. The molecular formula is C15H25N3OS2. The van der Waals surface area contributed by atoms with Gasteiger partial charge < -0.3 is 10.3 Å². The highest BCUT2D eigenvalue weighted by atomic mass is 32.2. The Morgan fingerprint density at radius 2 is 2.05 bits per heavy atom. The molecule has 0 spiro atoms. The van der Waals surface area contributed by atoms with Crippen LogP contribution in [0.2, 0.25) is 0 Å². The maximum Gasteiger partial charge on any atom is 0.228 e. The molecular weight excluding hydrogens is 302 g/mol. The third kappa shape index (κ3) is 3.77. The summed E-state index contributed by atoms with van der Waals surface area (Å²) in [5, 5.41) is 5.23. The minimum Gasteiger partial charge on any atom is -0.339 e. The average molecular weight is 328 g/mol. The second kappa shape index (κ2) is 7.38. The van der Waals surface area contributed by atoms with E-state index in [0.717, 1.165) is 24.6 Å². The Morgan fingerprint density at radius 3 is 2.81 bits per heavy atom. The summed E-state index contributed by atoms with van der Waals surface area (Å²) < 4.78 is 5.48. The maximum atomic E-state index is 6.32. The lowest BCUT2D eigenvalue weighted by atomic mass is 9.96. The van der Waals surface area contributed by atoms with E-state index in [1.807, 2.05) is 23.5 Å². The van der Waals surface area contributed by atoms with E-state index in [2.05, 4.69) is 17.1 Å². The van der Waals surface area contributed by atoms with E-state index in [0.29, 0.717) is 16.4 Å². The van der Waals surface area contributed by atoms with Gasteiger partial charge in [-0.1, -0.05) is 24.9 Å². The van der Waals surface area contributed by atoms with E-state index >= 15 is 0 Å². The molecule has 3 rings (SSSR count). The van der Waals surface area contributed by atoms with Crippen LogP contribution in [0, 0.1) is 5.92 Å².